The van der Waals surface area contributed by atoms with E-state index in [-0.39, 0.29) is 36.2 Å². The molecule has 1 aliphatic rings. The Morgan fingerprint density at radius 3 is 2.54 bits per heavy atom. The molecule has 0 bridgehead atoms. The third-order valence-electron chi connectivity index (χ3n) is 5.04. The summed E-state index contributed by atoms with van der Waals surface area (Å²) in [5.74, 6) is -1.33. The first-order chi connectivity index (χ1) is 13.3. The molecule has 0 spiro atoms. The number of nitrogens with zero attached hydrogens (tertiary/aromatic N) is 1. The number of halogens is 2. The molecule has 0 aromatic heterocycles. The average Bonchev–Trinajstić information content (AvgIpc) is 2.67. The summed E-state index contributed by atoms with van der Waals surface area (Å²) in [6, 6.07) is 11.2. The van der Waals surface area contributed by atoms with Gasteiger partial charge in [0.25, 0.3) is 0 Å². The van der Waals surface area contributed by atoms with Crippen LogP contribution < -0.4 is 5.32 Å². The predicted molar refractivity (Wildman–Crippen MR) is 108 cm³/mol. The van der Waals surface area contributed by atoms with Crippen molar-refractivity contribution in [3.8, 4) is 0 Å². The van der Waals surface area contributed by atoms with Gasteiger partial charge in [-0.05, 0) is 43.5 Å². The molecular weight excluding hydrogens is 403 g/mol. The number of hydrogen-bond donors (Lipinski definition) is 1. The van der Waals surface area contributed by atoms with Crippen LogP contribution in [0.4, 0.5) is 10.1 Å². The van der Waals surface area contributed by atoms with Crippen LogP contribution >= 0.6 is 11.6 Å². The predicted octanol–water partition coefficient (Wildman–Crippen LogP) is 3.97. The lowest BCUT2D eigenvalue weighted by Gasteiger charge is -2.30. The molecule has 1 saturated heterocycles. The third kappa shape index (κ3) is 4.71. The van der Waals surface area contributed by atoms with Crippen molar-refractivity contribution >= 4 is 33.2 Å². The summed E-state index contributed by atoms with van der Waals surface area (Å²) in [6.45, 7) is 2.31. The number of carbonyl (C=O) groups is 1. The Bertz CT molecular complexity index is 973. The van der Waals surface area contributed by atoms with Gasteiger partial charge in [-0.1, -0.05) is 35.9 Å². The molecule has 0 aliphatic carbocycles. The Balaban J connectivity index is 1.60. The number of carbonyl (C=O) groups excluding carboxylic acids is 1. The number of anilines is 1. The molecule has 8 heteroatoms. The van der Waals surface area contributed by atoms with Crippen molar-refractivity contribution in [2.45, 2.75) is 25.5 Å². The van der Waals surface area contributed by atoms with Crippen LogP contribution in [0.1, 0.15) is 24.0 Å². The average molecular weight is 425 g/mol. The molecule has 1 heterocycles. The van der Waals surface area contributed by atoms with Crippen molar-refractivity contribution < 1.29 is 17.6 Å². The van der Waals surface area contributed by atoms with E-state index in [1.807, 2.05) is 6.92 Å². The molecule has 1 aliphatic heterocycles. The van der Waals surface area contributed by atoms with Gasteiger partial charge in [-0.2, -0.15) is 0 Å². The van der Waals surface area contributed by atoms with Gasteiger partial charge in [0.05, 0.1) is 5.75 Å². The Labute approximate surface area is 169 Å². The highest BCUT2D eigenvalue weighted by molar-refractivity contribution is 7.88. The highest BCUT2D eigenvalue weighted by Crippen LogP contribution is 2.26. The van der Waals surface area contributed by atoms with E-state index in [4.69, 9.17) is 11.6 Å². The molecule has 0 unspecified atom stereocenters. The quantitative estimate of drug-likeness (QED) is 0.789. The van der Waals surface area contributed by atoms with E-state index in [0.717, 1.165) is 5.56 Å². The number of amides is 1. The normalized spacial score (nSPS) is 16.1. The minimum absolute atomic E-state index is 0.142. The van der Waals surface area contributed by atoms with E-state index in [1.54, 1.807) is 24.3 Å². The van der Waals surface area contributed by atoms with E-state index in [1.165, 1.54) is 22.5 Å². The zero-order valence-electron chi connectivity index (χ0n) is 15.5. The molecule has 0 atom stereocenters. The Morgan fingerprint density at radius 2 is 1.86 bits per heavy atom. The highest BCUT2D eigenvalue weighted by Gasteiger charge is 2.31. The van der Waals surface area contributed by atoms with Crippen molar-refractivity contribution in [3.05, 3.63) is 64.4 Å². The second-order valence-electron chi connectivity index (χ2n) is 6.92. The smallest absolute Gasteiger partial charge is 0.227 e. The van der Waals surface area contributed by atoms with Crippen LogP contribution in [0.3, 0.4) is 0 Å². The van der Waals surface area contributed by atoms with Crippen LogP contribution in [-0.2, 0) is 20.6 Å². The molecule has 3 rings (SSSR count). The minimum Gasteiger partial charge on any atom is -0.326 e. The first-order valence-electron chi connectivity index (χ1n) is 9.05. The molecule has 0 radical (unpaired) electrons. The summed E-state index contributed by atoms with van der Waals surface area (Å²) in [5, 5.41) is 3.46. The number of rotatable bonds is 5. The van der Waals surface area contributed by atoms with Crippen LogP contribution in [0.5, 0.6) is 0 Å². The molecule has 5 nitrogen and oxygen atoms in total. The summed E-state index contributed by atoms with van der Waals surface area (Å²) < 4.78 is 40.3. The summed E-state index contributed by atoms with van der Waals surface area (Å²) in [4.78, 5) is 12.6. The van der Waals surface area contributed by atoms with Crippen molar-refractivity contribution in [2.75, 3.05) is 18.4 Å². The summed E-state index contributed by atoms with van der Waals surface area (Å²) >= 11 is 6.08. The Morgan fingerprint density at radius 1 is 1.18 bits per heavy atom. The molecule has 1 fully saturated rings. The fraction of sp³-hybridized carbons (Fsp3) is 0.350. The van der Waals surface area contributed by atoms with Gasteiger partial charge >= 0.3 is 0 Å². The molecule has 0 saturated carbocycles. The molecule has 1 N–H and O–H groups in total. The van der Waals surface area contributed by atoms with E-state index in [9.17, 15) is 17.6 Å². The maximum absolute atomic E-state index is 13.8. The molecule has 150 valence electrons. The number of nitrogens with one attached hydrogen (secondary N) is 1. The maximum Gasteiger partial charge on any atom is 0.227 e. The van der Waals surface area contributed by atoms with E-state index < -0.39 is 15.8 Å². The SMILES string of the molecule is Cc1c(Cl)cccc1NC(=O)C1CCN(S(=O)(=O)Cc2ccccc2F)CC1. The number of sulfonamides is 1. The van der Waals surface area contributed by atoms with Crippen LogP contribution in [0.15, 0.2) is 42.5 Å². The van der Waals surface area contributed by atoms with Crippen LogP contribution in [-0.4, -0.2) is 31.7 Å². The van der Waals surface area contributed by atoms with Crippen LogP contribution in [0, 0.1) is 18.7 Å². The van der Waals surface area contributed by atoms with Gasteiger partial charge in [0.2, 0.25) is 15.9 Å². The van der Waals surface area contributed by atoms with Gasteiger partial charge in [0.15, 0.2) is 0 Å². The molecule has 28 heavy (non-hydrogen) atoms. The van der Waals surface area contributed by atoms with Crippen LogP contribution in [0.2, 0.25) is 5.02 Å². The van der Waals surface area contributed by atoms with Gasteiger partial charge in [-0.25, -0.2) is 17.1 Å². The second kappa shape index (κ2) is 8.59. The largest absolute Gasteiger partial charge is 0.326 e. The van der Waals surface area contributed by atoms with Crippen molar-refractivity contribution in [3.63, 3.8) is 0 Å². The lowest BCUT2D eigenvalue weighted by Crippen LogP contribution is -2.42. The fourth-order valence-electron chi connectivity index (χ4n) is 3.28. The molecule has 2 aromatic rings. The van der Waals surface area contributed by atoms with Crippen LogP contribution in [0.25, 0.3) is 0 Å². The summed E-state index contributed by atoms with van der Waals surface area (Å²) in [6.07, 6.45) is 0.837. The van der Waals surface area contributed by atoms with Gasteiger partial charge in [-0.3, -0.25) is 4.79 Å². The first kappa shape index (κ1) is 20.8. The topological polar surface area (TPSA) is 66.5 Å². The molecule has 2 aromatic carbocycles. The van der Waals surface area contributed by atoms with Crippen molar-refractivity contribution in [1.82, 2.24) is 4.31 Å². The van der Waals surface area contributed by atoms with Gasteiger partial charge < -0.3 is 5.32 Å². The zero-order chi connectivity index (χ0) is 20.3. The summed E-state index contributed by atoms with van der Waals surface area (Å²) in [7, 11) is -3.64. The van der Waals surface area contributed by atoms with Gasteiger partial charge in [-0.15, -0.1) is 0 Å². The van der Waals surface area contributed by atoms with Crippen molar-refractivity contribution in [2.24, 2.45) is 5.92 Å². The first-order valence-corrected chi connectivity index (χ1v) is 11.0. The second-order valence-corrected chi connectivity index (χ2v) is 9.30. The number of piperidine rings is 1. The van der Waals surface area contributed by atoms with E-state index in [2.05, 4.69) is 5.32 Å². The fourth-order valence-corrected chi connectivity index (χ4v) is 5.03. The van der Waals surface area contributed by atoms with E-state index in [0.29, 0.717) is 23.6 Å². The lowest BCUT2D eigenvalue weighted by atomic mass is 9.97. The summed E-state index contributed by atoms with van der Waals surface area (Å²) in [5.41, 5.74) is 1.60. The molecular formula is C20H22ClFN2O3S. The zero-order valence-corrected chi connectivity index (χ0v) is 17.1. The monoisotopic (exact) mass is 424 g/mol. The number of benzene rings is 2. The minimum atomic E-state index is -3.64. The van der Waals surface area contributed by atoms with E-state index >= 15 is 0 Å². The maximum atomic E-state index is 13.8. The number of hydrogen-bond acceptors (Lipinski definition) is 3. The Hall–Kier alpha value is -1.96. The van der Waals surface area contributed by atoms with Crippen molar-refractivity contribution in [1.29, 1.82) is 0 Å². The third-order valence-corrected chi connectivity index (χ3v) is 7.28. The Kier molecular flexibility index (Phi) is 6.37. The van der Waals surface area contributed by atoms with Gasteiger partial charge in [0.1, 0.15) is 5.82 Å². The standard InChI is InChI=1S/C20H22ClFN2O3S/c1-14-17(21)6-4-8-19(14)23-20(25)15-9-11-24(12-10-15)28(26,27)13-16-5-2-3-7-18(16)22/h2-8,15H,9-13H2,1H3,(H,23,25). The van der Waals surface area contributed by atoms with Gasteiger partial charge in [0, 0.05) is 35.3 Å². The highest BCUT2D eigenvalue weighted by atomic mass is 35.5. The lowest BCUT2D eigenvalue weighted by molar-refractivity contribution is -0.120. The molecule has 1 amide bonds.